The molecule has 0 aromatic carbocycles. The van der Waals surface area contributed by atoms with Crippen LogP contribution < -0.4 is 0 Å². The van der Waals surface area contributed by atoms with E-state index in [0.717, 1.165) is 84.2 Å². The van der Waals surface area contributed by atoms with Crippen LogP contribution in [0.4, 0.5) is 0 Å². The third kappa shape index (κ3) is 32.9. The van der Waals surface area contributed by atoms with Gasteiger partial charge in [0, 0.05) is 20.0 Å². The SMILES string of the molecule is CC/C=C\C/C=C\C/C=C\C/C=C\CCC(=O)OC(COC(=O)CCCCCCC/C=C\C/C=C\C/C=C\CC)COP(=O)(O)OC. The minimum atomic E-state index is -4.28. The molecule has 0 aromatic heterocycles. The Morgan fingerprint density at radius 2 is 1.06 bits per heavy atom. The molecule has 0 radical (unpaired) electrons. The van der Waals surface area contributed by atoms with Crippen molar-refractivity contribution >= 4 is 19.8 Å². The molecule has 0 spiro atoms. The molecule has 0 saturated carbocycles. The molecule has 0 saturated heterocycles. The number of allylic oxidation sites excluding steroid dienone is 14. The summed E-state index contributed by atoms with van der Waals surface area (Å²) in [6.07, 6.45) is 42.2. The number of esters is 2. The van der Waals surface area contributed by atoms with Gasteiger partial charge < -0.3 is 14.4 Å². The predicted octanol–water partition coefficient (Wildman–Crippen LogP) is 10.4. The molecule has 0 fully saturated rings. The Balaban J connectivity index is 4.26. The minimum absolute atomic E-state index is 0.115. The van der Waals surface area contributed by atoms with Gasteiger partial charge in [-0.05, 0) is 70.6 Å². The largest absolute Gasteiger partial charge is 0.472 e. The summed E-state index contributed by atoms with van der Waals surface area (Å²) >= 11 is 0. The molecule has 0 bridgehead atoms. The van der Waals surface area contributed by atoms with Crippen LogP contribution in [0.5, 0.6) is 0 Å². The first-order chi connectivity index (χ1) is 22.8. The fraction of sp³-hybridized carbons (Fsp3) is 0.579. The fourth-order valence-corrected chi connectivity index (χ4v) is 4.50. The van der Waals surface area contributed by atoms with Crippen LogP contribution in [-0.2, 0) is 32.7 Å². The molecule has 0 aliphatic rings. The van der Waals surface area contributed by atoms with E-state index in [9.17, 15) is 19.0 Å². The first-order valence-electron chi connectivity index (χ1n) is 17.3. The van der Waals surface area contributed by atoms with Crippen molar-refractivity contribution in [2.24, 2.45) is 0 Å². The first-order valence-corrected chi connectivity index (χ1v) is 18.8. The van der Waals surface area contributed by atoms with Crippen LogP contribution in [0.15, 0.2) is 85.1 Å². The monoisotopic (exact) mass is 676 g/mol. The van der Waals surface area contributed by atoms with Crippen LogP contribution in [0.25, 0.3) is 0 Å². The Morgan fingerprint density at radius 3 is 1.60 bits per heavy atom. The average Bonchev–Trinajstić information content (AvgIpc) is 3.06. The van der Waals surface area contributed by atoms with E-state index in [-0.39, 0.29) is 19.4 Å². The van der Waals surface area contributed by atoms with Gasteiger partial charge in [-0.3, -0.25) is 18.6 Å². The van der Waals surface area contributed by atoms with E-state index in [4.69, 9.17) is 14.0 Å². The molecule has 266 valence electrons. The molecule has 9 heteroatoms. The Hall–Kier alpha value is -2.77. The van der Waals surface area contributed by atoms with Crippen molar-refractivity contribution in [3.05, 3.63) is 85.1 Å². The summed E-state index contributed by atoms with van der Waals surface area (Å²) in [7, 11) is -3.24. The Bertz CT molecular complexity index is 1040. The standard InChI is InChI=1S/C38H61O8P/c1-4-6-8-10-12-14-16-18-19-21-22-24-26-28-30-32-37(39)44-34-36(35-45-47(41,42)43-3)46-38(40)33-31-29-27-25-23-20-17-15-13-11-9-7-5-2/h6-9,12-15,18-20,23,27,29,36H,4-5,10-11,16-17,21-22,24-26,28,30-35H2,1-3H3,(H,41,42)/b8-6-,9-7-,14-12-,15-13-,19-18-,23-20-,29-27-. The number of hydrogen-bond acceptors (Lipinski definition) is 7. The third-order valence-electron chi connectivity index (χ3n) is 6.65. The number of hydrogen-bond donors (Lipinski definition) is 1. The fourth-order valence-electron chi connectivity index (χ4n) is 4.04. The zero-order chi connectivity index (χ0) is 34.7. The van der Waals surface area contributed by atoms with Crippen molar-refractivity contribution in [2.75, 3.05) is 20.3 Å². The van der Waals surface area contributed by atoms with E-state index in [1.54, 1.807) is 0 Å². The van der Waals surface area contributed by atoms with Crippen molar-refractivity contribution in [3.63, 3.8) is 0 Å². The lowest BCUT2D eigenvalue weighted by molar-refractivity contribution is -0.161. The normalized spacial score (nSPS) is 14.6. The van der Waals surface area contributed by atoms with Crippen molar-refractivity contribution in [1.29, 1.82) is 0 Å². The lowest BCUT2D eigenvalue weighted by Gasteiger charge is -2.19. The summed E-state index contributed by atoms with van der Waals surface area (Å²) in [4.78, 5) is 34.2. The second-order valence-electron chi connectivity index (χ2n) is 10.9. The maximum atomic E-state index is 12.4. The highest BCUT2D eigenvalue weighted by molar-refractivity contribution is 7.47. The van der Waals surface area contributed by atoms with Crippen LogP contribution in [0.3, 0.4) is 0 Å². The van der Waals surface area contributed by atoms with Crippen molar-refractivity contribution < 1.29 is 37.6 Å². The highest BCUT2D eigenvalue weighted by atomic mass is 31.2. The number of rotatable bonds is 30. The predicted molar refractivity (Wildman–Crippen MR) is 193 cm³/mol. The van der Waals surface area contributed by atoms with Crippen LogP contribution >= 0.6 is 7.82 Å². The zero-order valence-corrected chi connectivity index (χ0v) is 30.0. The van der Waals surface area contributed by atoms with Crippen molar-refractivity contribution in [3.8, 4) is 0 Å². The first kappa shape index (κ1) is 44.2. The number of phosphoric acid groups is 1. The van der Waals surface area contributed by atoms with E-state index in [1.807, 2.05) is 12.2 Å². The highest BCUT2D eigenvalue weighted by Crippen LogP contribution is 2.42. The summed E-state index contributed by atoms with van der Waals surface area (Å²) in [5, 5.41) is 0. The summed E-state index contributed by atoms with van der Waals surface area (Å²) in [6.45, 7) is 3.54. The summed E-state index contributed by atoms with van der Waals surface area (Å²) in [5.41, 5.74) is 0. The van der Waals surface area contributed by atoms with Gasteiger partial charge >= 0.3 is 19.8 Å². The maximum Gasteiger partial charge on any atom is 0.472 e. The second kappa shape index (κ2) is 33.1. The molecule has 0 aliphatic heterocycles. The molecule has 2 unspecified atom stereocenters. The summed E-state index contributed by atoms with van der Waals surface area (Å²) in [5.74, 6) is -0.931. The molecule has 0 amide bonds. The number of unbranched alkanes of at least 4 members (excludes halogenated alkanes) is 5. The number of carbonyl (C=O) groups is 2. The smallest absolute Gasteiger partial charge is 0.462 e. The van der Waals surface area contributed by atoms with Gasteiger partial charge in [0.15, 0.2) is 6.10 Å². The van der Waals surface area contributed by atoms with Crippen molar-refractivity contribution in [1.82, 2.24) is 0 Å². The molecule has 2 atom stereocenters. The maximum absolute atomic E-state index is 12.4. The lowest BCUT2D eigenvalue weighted by Crippen LogP contribution is -2.29. The second-order valence-corrected chi connectivity index (χ2v) is 12.4. The summed E-state index contributed by atoms with van der Waals surface area (Å²) < 4.78 is 31.7. The molecule has 1 N–H and O–H groups in total. The van der Waals surface area contributed by atoms with Gasteiger partial charge in [-0.1, -0.05) is 118 Å². The Labute approximate surface area is 285 Å². The molecule has 47 heavy (non-hydrogen) atoms. The molecular weight excluding hydrogens is 615 g/mol. The van der Waals surface area contributed by atoms with Gasteiger partial charge in [-0.15, -0.1) is 0 Å². The lowest BCUT2D eigenvalue weighted by atomic mass is 10.1. The van der Waals surface area contributed by atoms with E-state index in [0.29, 0.717) is 12.8 Å². The Morgan fingerprint density at radius 1 is 0.596 bits per heavy atom. The van der Waals surface area contributed by atoms with Crippen molar-refractivity contribution in [2.45, 2.75) is 123 Å². The third-order valence-corrected chi connectivity index (χ3v) is 7.59. The number of carbonyl (C=O) groups excluding carboxylic acids is 2. The highest BCUT2D eigenvalue weighted by Gasteiger charge is 2.24. The van der Waals surface area contributed by atoms with Crippen LogP contribution in [0, 0.1) is 0 Å². The van der Waals surface area contributed by atoms with E-state index in [2.05, 4.69) is 91.3 Å². The number of ether oxygens (including phenoxy) is 2. The van der Waals surface area contributed by atoms with E-state index < -0.39 is 32.5 Å². The summed E-state index contributed by atoms with van der Waals surface area (Å²) in [6, 6.07) is 0. The molecular formula is C38H61O8P. The van der Waals surface area contributed by atoms with E-state index in [1.165, 1.54) is 0 Å². The van der Waals surface area contributed by atoms with E-state index >= 15 is 0 Å². The zero-order valence-electron chi connectivity index (χ0n) is 29.1. The van der Waals surface area contributed by atoms with Gasteiger partial charge in [-0.2, -0.15) is 0 Å². The minimum Gasteiger partial charge on any atom is -0.462 e. The molecule has 8 nitrogen and oxygen atoms in total. The van der Waals surface area contributed by atoms with Gasteiger partial charge in [0.05, 0.1) is 6.61 Å². The van der Waals surface area contributed by atoms with Gasteiger partial charge in [-0.25, -0.2) is 4.57 Å². The number of phosphoric ester groups is 1. The Kier molecular flexibility index (Phi) is 31.2. The molecule has 0 heterocycles. The van der Waals surface area contributed by atoms with Crippen LogP contribution in [0.2, 0.25) is 0 Å². The quantitative estimate of drug-likeness (QED) is 0.0347. The average molecular weight is 677 g/mol. The van der Waals surface area contributed by atoms with Crippen LogP contribution in [-0.4, -0.2) is 43.3 Å². The van der Waals surface area contributed by atoms with Gasteiger partial charge in [0.25, 0.3) is 0 Å². The van der Waals surface area contributed by atoms with Gasteiger partial charge in [0.1, 0.15) is 6.61 Å². The molecule has 0 aliphatic carbocycles. The molecule has 0 aromatic rings. The topological polar surface area (TPSA) is 108 Å². The van der Waals surface area contributed by atoms with Crippen LogP contribution in [0.1, 0.15) is 117 Å². The van der Waals surface area contributed by atoms with Gasteiger partial charge in [0.2, 0.25) is 0 Å². The molecule has 0 rings (SSSR count).